The second kappa shape index (κ2) is 8.47. The van der Waals surface area contributed by atoms with Gasteiger partial charge in [0.2, 0.25) is 10.0 Å². The van der Waals surface area contributed by atoms with Gasteiger partial charge in [-0.05, 0) is 36.4 Å². The number of nitro groups is 1. The Morgan fingerprint density at radius 1 is 1.15 bits per heavy atom. The van der Waals surface area contributed by atoms with Gasteiger partial charge in [-0.1, -0.05) is 25.4 Å². The molecular formula is C17H18ClN3O5S. The molecule has 2 aromatic rings. The molecule has 0 spiro atoms. The number of amides is 1. The fourth-order valence-corrected chi connectivity index (χ4v) is 4.09. The fraction of sp³-hybridized carbons (Fsp3) is 0.235. The van der Waals surface area contributed by atoms with E-state index in [1.54, 1.807) is 13.8 Å². The molecule has 0 unspecified atom stereocenters. The molecule has 2 rings (SSSR count). The molecule has 0 aliphatic rings. The number of carbonyl (C=O) groups is 1. The maximum Gasteiger partial charge on any atom is 0.283 e. The first-order valence-corrected chi connectivity index (χ1v) is 9.88. The second-order valence-corrected chi connectivity index (χ2v) is 7.86. The molecule has 0 atom stereocenters. The Morgan fingerprint density at radius 2 is 1.74 bits per heavy atom. The zero-order chi connectivity index (χ0) is 20.2. The van der Waals surface area contributed by atoms with Crippen molar-refractivity contribution in [3.8, 4) is 0 Å². The molecule has 0 aliphatic carbocycles. The molecule has 0 saturated carbocycles. The molecule has 0 radical (unpaired) electrons. The molecule has 0 fully saturated rings. The van der Waals surface area contributed by atoms with Crippen LogP contribution in [0.2, 0.25) is 5.02 Å². The van der Waals surface area contributed by atoms with Crippen LogP contribution in [-0.2, 0) is 10.0 Å². The third-order valence-corrected chi connectivity index (χ3v) is 6.16. The highest BCUT2D eigenvalue weighted by Crippen LogP contribution is 2.25. The van der Waals surface area contributed by atoms with Crippen molar-refractivity contribution in [3.63, 3.8) is 0 Å². The summed E-state index contributed by atoms with van der Waals surface area (Å²) in [5.41, 5.74) is -0.257. The quantitative estimate of drug-likeness (QED) is 0.553. The standard InChI is InChI=1S/C17H18ClN3O5S/c1-3-20(4-2)27(25,26)14-8-6-13(7-9-14)19-17(22)15-10-5-12(18)11-16(15)21(23)24/h5-11H,3-4H2,1-2H3,(H,19,22). The van der Waals surface area contributed by atoms with E-state index in [1.165, 1.54) is 40.7 Å². The lowest BCUT2D eigenvalue weighted by molar-refractivity contribution is -0.385. The summed E-state index contributed by atoms with van der Waals surface area (Å²) in [6, 6.07) is 9.33. The van der Waals surface area contributed by atoms with Crippen molar-refractivity contribution < 1.29 is 18.1 Å². The zero-order valence-electron chi connectivity index (χ0n) is 14.7. The molecule has 0 bridgehead atoms. The van der Waals surface area contributed by atoms with E-state index in [2.05, 4.69) is 5.32 Å². The molecular weight excluding hydrogens is 394 g/mol. The minimum atomic E-state index is -3.60. The van der Waals surface area contributed by atoms with Crippen molar-refractivity contribution in [2.24, 2.45) is 0 Å². The number of nitrogens with one attached hydrogen (secondary N) is 1. The normalized spacial score (nSPS) is 11.4. The fourth-order valence-electron chi connectivity index (χ4n) is 2.47. The number of nitro benzene ring substituents is 1. The van der Waals surface area contributed by atoms with E-state index < -0.39 is 26.5 Å². The molecule has 1 N–H and O–H groups in total. The first kappa shape index (κ1) is 20.8. The molecule has 10 heteroatoms. The lowest BCUT2D eigenvalue weighted by Gasteiger charge is -2.18. The largest absolute Gasteiger partial charge is 0.322 e. The minimum Gasteiger partial charge on any atom is -0.322 e. The number of hydrogen-bond acceptors (Lipinski definition) is 5. The van der Waals surface area contributed by atoms with Gasteiger partial charge in [-0.25, -0.2) is 8.42 Å². The van der Waals surface area contributed by atoms with Crippen molar-refractivity contribution >= 4 is 38.9 Å². The molecule has 0 saturated heterocycles. The monoisotopic (exact) mass is 411 g/mol. The Bertz CT molecular complexity index is 957. The molecule has 0 aromatic heterocycles. The van der Waals surface area contributed by atoms with E-state index in [-0.39, 0.29) is 15.5 Å². The van der Waals surface area contributed by atoms with Crippen LogP contribution in [0.5, 0.6) is 0 Å². The van der Waals surface area contributed by atoms with E-state index >= 15 is 0 Å². The average Bonchev–Trinajstić information content (AvgIpc) is 2.62. The van der Waals surface area contributed by atoms with Crippen LogP contribution in [0.3, 0.4) is 0 Å². The van der Waals surface area contributed by atoms with Crippen LogP contribution in [-0.4, -0.2) is 36.6 Å². The van der Waals surface area contributed by atoms with Gasteiger partial charge in [0.25, 0.3) is 11.6 Å². The number of nitrogens with zero attached hydrogens (tertiary/aromatic N) is 2. The van der Waals surface area contributed by atoms with Gasteiger partial charge in [-0.2, -0.15) is 4.31 Å². The van der Waals surface area contributed by atoms with E-state index in [1.807, 2.05) is 0 Å². The van der Waals surface area contributed by atoms with Crippen LogP contribution < -0.4 is 5.32 Å². The van der Waals surface area contributed by atoms with E-state index in [4.69, 9.17) is 11.6 Å². The van der Waals surface area contributed by atoms with Gasteiger partial charge in [-0.15, -0.1) is 0 Å². The first-order valence-electron chi connectivity index (χ1n) is 8.06. The van der Waals surface area contributed by atoms with Gasteiger partial charge in [0.15, 0.2) is 0 Å². The maximum atomic E-state index is 12.5. The van der Waals surface area contributed by atoms with Crippen LogP contribution in [0.15, 0.2) is 47.4 Å². The van der Waals surface area contributed by atoms with Crippen molar-refractivity contribution in [2.75, 3.05) is 18.4 Å². The first-order chi connectivity index (χ1) is 12.7. The molecule has 0 aliphatic heterocycles. The van der Waals surface area contributed by atoms with Crippen molar-refractivity contribution in [1.29, 1.82) is 0 Å². The Morgan fingerprint density at radius 3 is 2.26 bits per heavy atom. The van der Waals surface area contributed by atoms with E-state index in [0.29, 0.717) is 18.8 Å². The van der Waals surface area contributed by atoms with E-state index in [0.717, 1.165) is 6.07 Å². The number of carbonyl (C=O) groups excluding carboxylic acids is 1. The van der Waals surface area contributed by atoms with Gasteiger partial charge in [0.1, 0.15) is 5.56 Å². The van der Waals surface area contributed by atoms with Gasteiger partial charge in [-0.3, -0.25) is 14.9 Å². The summed E-state index contributed by atoms with van der Waals surface area (Å²) in [5, 5.41) is 13.8. The number of sulfonamides is 1. The summed E-state index contributed by atoms with van der Waals surface area (Å²) in [7, 11) is -3.60. The van der Waals surface area contributed by atoms with Crippen LogP contribution >= 0.6 is 11.6 Å². The third-order valence-electron chi connectivity index (χ3n) is 3.86. The zero-order valence-corrected chi connectivity index (χ0v) is 16.2. The van der Waals surface area contributed by atoms with Crippen molar-refractivity contribution in [3.05, 3.63) is 63.2 Å². The summed E-state index contributed by atoms with van der Waals surface area (Å²) in [6.45, 7) is 4.18. The van der Waals surface area contributed by atoms with Gasteiger partial charge < -0.3 is 5.32 Å². The molecule has 0 heterocycles. The molecule has 27 heavy (non-hydrogen) atoms. The number of anilines is 1. The van der Waals surface area contributed by atoms with Crippen LogP contribution in [0.1, 0.15) is 24.2 Å². The second-order valence-electron chi connectivity index (χ2n) is 5.49. The summed E-state index contributed by atoms with van der Waals surface area (Å²) in [4.78, 5) is 22.9. The highest BCUT2D eigenvalue weighted by molar-refractivity contribution is 7.89. The SMILES string of the molecule is CCN(CC)S(=O)(=O)c1ccc(NC(=O)c2ccc(Cl)cc2[N+](=O)[O-])cc1. The van der Waals surface area contributed by atoms with Gasteiger partial charge in [0.05, 0.1) is 9.82 Å². The van der Waals surface area contributed by atoms with Crippen molar-refractivity contribution in [2.45, 2.75) is 18.7 Å². The lowest BCUT2D eigenvalue weighted by atomic mass is 10.1. The summed E-state index contributed by atoms with van der Waals surface area (Å²) in [5.74, 6) is -0.697. The van der Waals surface area contributed by atoms with E-state index in [9.17, 15) is 23.3 Å². The average molecular weight is 412 g/mol. The topological polar surface area (TPSA) is 110 Å². The van der Waals surface area contributed by atoms with Crippen LogP contribution in [0, 0.1) is 10.1 Å². The molecule has 1 amide bonds. The molecule has 144 valence electrons. The predicted octanol–water partition coefficient (Wildman–Crippen LogP) is 3.53. The van der Waals surface area contributed by atoms with Gasteiger partial charge >= 0.3 is 0 Å². The third kappa shape index (κ3) is 4.62. The highest BCUT2D eigenvalue weighted by atomic mass is 35.5. The summed E-state index contributed by atoms with van der Waals surface area (Å²) >= 11 is 5.74. The lowest BCUT2D eigenvalue weighted by Crippen LogP contribution is -2.30. The summed E-state index contributed by atoms with van der Waals surface area (Å²) in [6.07, 6.45) is 0. The maximum absolute atomic E-state index is 12.5. The highest BCUT2D eigenvalue weighted by Gasteiger charge is 2.23. The summed E-state index contributed by atoms with van der Waals surface area (Å²) < 4.78 is 26.2. The smallest absolute Gasteiger partial charge is 0.283 e. The minimum absolute atomic E-state index is 0.0988. The Labute approximate surface area is 162 Å². The molecule has 2 aromatic carbocycles. The predicted molar refractivity (Wildman–Crippen MR) is 103 cm³/mol. The van der Waals surface area contributed by atoms with Crippen LogP contribution in [0.4, 0.5) is 11.4 Å². The number of halogens is 1. The number of rotatable bonds is 7. The Balaban J connectivity index is 2.25. The Kier molecular flexibility index (Phi) is 6.53. The van der Waals surface area contributed by atoms with Gasteiger partial charge in [0, 0.05) is 29.9 Å². The number of benzene rings is 2. The van der Waals surface area contributed by atoms with Crippen molar-refractivity contribution in [1.82, 2.24) is 4.31 Å². The Hall–Kier alpha value is -2.49. The number of hydrogen-bond donors (Lipinski definition) is 1. The molecule has 8 nitrogen and oxygen atoms in total. The van der Waals surface area contributed by atoms with Crippen LogP contribution in [0.25, 0.3) is 0 Å².